The smallest absolute Gasteiger partial charge is 0.262 e. The van der Waals surface area contributed by atoms with E-state index < -0.39 is 24.9 Å². The summed E-state index contributed by atoms with van der Waals surface area (Å²) in [4.78, 5) is 11.6. The van der Waals surface area contributed by atoms with E-state index in [4.69, 9.17) is 4.74 Å². The Bertz CT molecular complexity index is 286. The van der Waals surface area contributed by atoms with Gasteiger partial charge >= 0.3 is 0 Å². The van der Waals surface area contributed by atoms with Crippen LogP contribution in [0.3, 0.4) is 0 Å². The molecule has 0 aliphatic carbocycles. The number of carbonyl (C=O) groups excluding carboxylic acids is 1. The molecule has 2 aliphatic heterocycles. The van der Waals surface area contributed by atoms with E-state index in [1.54, 1.807) is 0 Å². The molecule has 0 saturated carbocycles. The van der Waals surface area contributed by atoms with Gasteiger partial charge in [0.05, 0.1) is 18.7 Å². The summed E-state index contributed by atoms with van der Waals surface area (Å²) in [5.41, 5.74) is 0. The molecule has 2 fully saturated rings. The van der Waals surface area contributed by atoms with Gasteiger partial charge < -0.3 is 10.1 Å². The van der Waals surface area contributed by atoms with E-state index in [9.17, 15) is 13.6 Å². The molecule has 0 aromatic rings. The van der Waals surface area contributed by atoms with Gasteiger partial charge in [-0.2, -0.15) is 0 Å². The van der Waals surface area contributed by atoms with E-state index in [1.165, 1.54) is 0 Å². The molecule has 0 bridgehead atoms. The number of rotatable bonds is 3. The van der Waals surface area contributed by atoms with E-state index >= 15 is 0 Å². The molecule has 4 nitrogen and oxygen atoms in total. The third-order valence-corrected chi connectivity index (χ3v) is 3.20. The largest absolute Gasteiger partial charge is 0.376 e. The summed E-state index contributed by atoms with van der Waals surface area (Å²) in [5.74, 6) is -3.11. The number of carbonyl (C=O) groups is 1. The van der Waals surface area contributed by atoms with Crippen LogP contribution in [0.25, 0.3) is 0 Å². The third-order valence-electron chi connectivity index (χ3n) is 3.20. The second-order valence-corrected chi connectivity index (χ2v) is 4.73. The van der Waals surface area contributed by atoms with Crippen LogP contribution >= 0.6 is 12.4 Å². The highest BCUT2D eigenvalue weighted by Crippen LogP contribution is 2.25. The van der Waals surface area contributed by atoms with Gasteiger partial charge in [-0.15, -0.1) is 12.4 Å². The first-order chi connectivity index (χ1) is 8.07. The number of hydrogen-bond acceptors (Lipinski definition) is 3. The van der Waals surface area contributed by atoms with Crippen LogP contribution in [0, 0.1) is 0 Å². The van der Waals surface area contributed by atoms with Crippen molar-refractivity contribution in [3.05, 3.63) is 0 Å². The van der Waals surface area contributed by atoms with Crippen molar-refractivity contribution in [3.63, 3.8) is 0 Å². The first kappa shape index (κ1) is 15.6. The van der Waals surface area contributed by atoms with Crippen molar-refractivity contribution in [2.75, 3.05) is 19.7 Å². The highest BCUT2D eigenvalue weighted by atomic mass is 35.5. The van der Waals surface area contributed by atoms with Gasteiger partial charge in [-0.05, 0) is 19.3 Å². The number of halogens is 3. The molecule has 2 heterocycles. The fraction of sp³-hybridized carbons (Fsp3) is 0.909. The minimum atomic E-state index is -2.76. The first-order valence-corrected chi connectivity index (χ1v) is 6.07. The zero-order chi connectivity index (χ0) is 12.3. The Labute approximate surface area is 111 Å². The molecule has 0 aromatic carbocycles. The lowest BCUT2D eigenvalue weighted by Gasteiger charge is -2.23. The Morgan fingerprint density at radius 3 is 2.78 bits per heavy atom. The molecule has 2 atom stereocenters. The molecule has 0 radical (unpaired) electrons. The maximum absolute atomic E-state index is 12.9. The van der Waals surface area contributed by atoms with Gasteiger partial charge in [0, 0.05) is 19.6 Å². The van der Waals surface area contributed by atoms with Gasteiger partial charge in [0.2, 0.25) is 5.91 Å². The summed E-state index contributed by atoms with van der Waals surface area (Å²) in [6, 6.07) is -0.770. The molecule has 0 spiro atoms. The van der Waals surface area contributed by atoms with Crippen LogP contribution in [0.2, 0.25) is 0 Å². The van der Waals surface area contributed by atoms with Crippen molar-refractivity contribution in [1.29, 1.82) is 0 Å². The molecular weight excluding hydrogens is 266 g/mol. The number of alkyl halides is 2. The Balaban J connectivity index is 0.00000162. The van der Waals surface area contributed by atoms with Crippen molar-refractivity contribution in [2.45, 2.75) is 43.8 Å². The number of amides is 1. The molecule has 2 saturated heterocycles. The lowest BCUT2D eigenvalue weighted by molar-refractivity contribution is -0.124. The van der Waals surface area contributed by atoms with Crippen LogP contribution in [-0.4, -0.2) is 43.7 Å². The van der Waals surface area contributed by atoms with E-state index in [1.807, 2.05) is 0 Å². The minimum absolute atomic E-state index is 0. The summed E-state index contributed by atoms with van der Waals surface area (Å²) in [7, 11) is 0. The Morgan fingerprint density at radius 1 is 1.44 bits per heavy atom. The van der Waals surface area contributed by atoms with Gasteiger partial charge in [-0.1, -0.05) is 0 Å². The SMILES string of the molecule is Cl.O=C(NCC1CCCCO1)C1CC(F)(F)CN1. The summed E-state index contributed by atoms with van der Waals surface area (Å²) in [6.07, 6.45) is 2.70. The number of hydrogen-bond donors (Lipinski definition) is 2. The van der Waals surface area contributed by atoms with Crippen LogP contribution in [0.4, 0.5) is 8.78 Å². The highest BCUT2D eigenvalue weighted by Gasteiger charge is 2.42. The van der Waals surface area contributed by atoms with Crippen molar-refractivity contribution in [3.8, 4) is 0 Å². The first-order valence-electron chi connectivity index (χ1n) is 6.07. The Hall–Kier alpha value is -0.460. The van der Waals surface area contributed by atoms with E-state index in [0.717, 1.165) is 25.9 Å². The predicted molar refractivity (Wildman–Crippen MR) is 65.2 cm³/mol. The van der Waals surface area contributed by atoms with Gasteiger partial charge in [0.1, 0.15) is 0 Å². The van der Waals surface area contributed by atoms with E-state index in [-0.39, 0.29) is 24.4 Å². The summed E-state index contributed by atoms with van der Waals surface area (Å²) in [6.45, 7) is 0.730. The highest BCUT2D eigenvalue weighted by molar-refractivity contribution is 5.85. The predicted octanol–water partition coefficient (Wildman–Crippen LogP) is 1.09. The summed E-state index contributed by atoms with van der Waals surface area (Å²) >= 11 is 0. The van der Waals surface area contributed by atoms with Gasteiger partial charge in [0.25, 0.3) is 5.92 Å². The topological polar surface area (TPSA) is 50.4 Å². The van der Waals surface area contributed by atoms with Crippen molar-refractivity contribution >= 4 is 18.3 Å². The Kier molecular flexibility index (Phi) is 5.75. The molecule has 18 heavy (non-hydrogen) atoms. The van der Waals surface area contributed by atoms with Crippen LogP contribution < -0.4 is 10.6 Å². The average molecular weight is 285 g/mol. The maximum atomic E-state index is 12.9. The van der Waals surface area contributed by atoms with E-state index in [2.05, 4.69) is 10.6 Å². The van der Waals surface area contributed by atoms with Crippen molar-refractivity contribution in [2.24, 2.45) is 0 Å². The van der Waals surface area contributed by atoms with E-state index in [0.29, 0.717) is 6.54 Å². The lowest BCUT2D eigenvalue weighted by atomic mass is 10.1. The molecule has 1 amide bonds. The van der Waals surface area contributed by atoms with Crippen molar-refractivity contribution in [1.82, 2.24) is 10.6 Å². The maximum Gasteiger partial charge on any atom is 0.262 e. The molecule has 0 aromatic heterocycles. The molecule has 106 valence electrons. The van der Waals surface area contributed by atoms with Crippen molar-refractivity contribution < 1.29 is 18.3 Å². The fourth-order valence-electron chi connectivity index (χ4n) is 2.21. The molecule has 2 unspecified atom stereocenters. The van der Waals surface area contributed by atoms with Crippen LogP contribution in [0.1, 0.15) is 25.7 Å². The third kappa shape index (κ3) is 4.33. The summed E-state index contributed by atoms with van der Waals surface area (Å²) < 4.78 is 31.2. The van der Waals surface area contributed by atoms with Gasteiger partial charge in [-0.3, -0.25) is 10.1 Å². The molecule has 7 heteroatoms. The van der Waals surface area contributed by atoms with Gasteiger partial charge in [0.15, 0.2) is 0 Å². The second kappa shape index (κ2) is 6.63. The number of ether oxygens (including phenoxy) is 1. The molecular formula is C11H19ClF2N2O2. The monoisotopic (exact) mass is 284 g/mol. The molecule has 2 N–H and O–H groups in total. The molecule has 2 aliphatic rings. The lowest BCUT2D eigenvalue weighted by Crippen LogP contribution is -2.44. The van der Waals surface area contributed by atoms with Crippen LogP contribution in [0.5, 0.6) is 0 Å². The zero-order valence-corrected chi connectivity index (χ0v) is 10.9. The van der Waals surface area contributed by atoms with Crippen LogP contribution in [-0.2, 0) is 9.53 Å². The normalized spacial score (nSPS) is 30.6. The summed E-state index contributed by atoms with van der Waals surface area (Å²) in [5, 5.41) is 5.20. The fourth-order valence-corrected chi connectivity index (χ4v) is 2.21. The second-order valence-electron chi connectivity index (χ2n) is 4.73. The minimum Gasteiger partial charge on any atom is -0.376 e. The number of nitrogens with one attached hydrogen (secondary N) is 2. The zero-order valence-electron chi connectivity index (χ0n) is 10.1. The quantitative estimate of drug-likeness (QED) is 0.816. The Morgan fingerprint density at radius 2 is 2.22 bits per heavy atom. The molecule has 2 rings (SSSR count). The average Bonchev–Trinajstić information content (AvgIpc) is 2.68. The standard InChI is InChI=1S/C11H18F2N2O2.ClH/c12-11(13)5-9(15-7-11)10(16)14-6-8-3-1-2-4-17-8;/h8-9,15H,1-7H2,(H,14,16);1H. The van der Waals surface area contributed by atoms with Gasteiger partial charge in [-0.25, -0.2) is 8.78 Å². The van der Waals surface area contributed by atoms with Crippen LogP contribution in [0.15, 0.2) is 0 Å².